The Morgan fingerprint density at radius 1 is 1.22 bits per heavy atom. The van der Waals surface area contributed by atoms with Gasteiger partial charge in [-0.1, -0.05) is 0 Å². The monoisotopic (exact) mass is 533 g/mol. The molecule has 2 aromatic heterocycles. The van der Waals surface area contributed by atoms with Crippen LogP contribution in [0, 0.1) is 5.82 Å². The second kappa shape index (κ2) is 8.65. The third kappa shape index (κ3) is 3.74. The van der Waals surface area contributed by atoms with Gasteiger partial charge < -0.3 is 10.5 Å². The van der Waals surface area contributed by atoms with Gasteiger partial charge in [-0.3, -0.25) is 14.3 Å². The predicted octanol–water partition coefficient (Wildman–Crippen LogP) is 5.15. The van der Waals surface area contributed by atoms with Gasteiger partial charge in [0.25, 0.3) is 12.0 Å². The first-order chi connectivity index (χ1) is 17.0. The van der Waals surface area contributed by atoms with E-state index < -0.39 is 64.2 Å². The first-order valence-corrected chi connectivity index (χ1v) is 12.1. The van der Waals surface area contributed by atoms with Crippen LogP contribution in [-0.2, 0) is 6.42 Å². The molecule has 2 aliphatic carbocycles. The third-order valence-corrected chi connectivity index (χ3v) is 7.99. The molecule has 194 valence electrons. The maximum Gasteiger partial charge on any atom is 0.404 e. The number of nitrogens with one attached hydrogen (secondary N) is 1. The zero-order valence-electron chi connectivity index (χ0n) is 18.8. The van der Waals surface area contributed by atoms with Crippen LogP contribution in [0.15, 0.2) is 15.0 Å². The standard InChI is InChI=1S/C23H21F6N3O3S/c1-35-18-13(10-7-36-11-4-2-3-9(12(10)11)19(30)23(27,28)29)16(24)14(20(25)26)15-17(18)32(8-5-6-8)22(34)31-21(15)33/h7-9,19-20H,2-6,30H2,1H3,(H,31,33,34). The van der Waals surface area contributed by atoms with Crippen molar-refractivity contribution in [1.29, 1.82) is 0 Å². The zero-order chi connectivity index (χ0) is 26.1. The molecule has 2 heterocycles. The zero-order valence-corrected chi connectivity index (χ0v) is 19.7. The van der Waals surface area contributed by atoms with Crippen LogP contribution in [0.5, 0.6) is 5.75 Å². The lowest BCUT2D eigenvalue weighted by Crippen LogP contribution is -2.43. The summed E-state index contributed by atoms with van der Waals surface area (Å²) in [6, 6.07) is -2.67. The number of thiophene rings is 1. The molecule has 3 N–H and O–H groups in total. The van der Waals surface area contributed by atoms with Gasteiger partial charge in [0.1, 0.15) is 17.4 Å². The average molecular weight is 533 g/mol. The SMILES string of the molecule is COc1c(-c2csc3c2C(C(N)C(F)(F)F)CCC3)c(F)c(C(F)F)c2c(=O)[nH]c(=O)n(C3CC3)c12. The highest BCUT2D eigenvalue weighted by Gasteiger charge is 2.45. The summed E-state index contributed by atoms with van der Waals surface area (Å²) in [5.41, 5.74) is 1.57. The number of aryl methyl sites for hydroxylation is 1. The minimum absolute atomic E-state index is 0.0485. The van der Waals surface area contributed by atoms with Gasteiger partial charge in [-0.15, -0.1) is 11.3 Å². The number of aromatic amines is 1. The molecule has 2 atom stereocenters. The van der Waals surface area contributed by atoms with Crippen molar-refractivity contribution in [2.75, 3.05) is 7.11 Å². The number of methoxy groups -OCH3 is 1. The maximum atomic E-state index is 16.0. The number of benzene rings is 1. The van der Waals surface area contributed by atoms with Crippen LogP contribution >= 0.6 is 11.3 Å². The lowest BCUT2D eigenvalue weighted by atomic mass is 9.79. The van der Waals surface area contributed by atoms with E-state index in [2.05, 4.69) is 0 Å². The van der Waals surface area contributed by atoms with Crippen LogP contribution in [0.25, 0.3) is 22.0 Å². The van der Waals surface area contributed by atoms with Crippen LogP contribution in [0.2, 0.25) is 0 Å². The number of hydrogen-bond donors (Lipinski definition) is 2. The number of fused-ring (bicyclic) bond motifs is 2. The second-order valence-corrected chi connectivity index (χ2v) is 10.0. The Morgan fingerprint density at radius 2 is 1.92 bits per heavy atom. The Bertz CT molecular complexity index is 1470. The lowest BCUT2D eigenvalue weighted by molar-refractivity contribution is -0.153. The lowest BCUT2D eigenvalue weighted by Gasteiger charge is -2.31. The van der Waals surface area contributed by atoms with Crippen LogP contribution < -0.4 is 21.7 Å². The van der Waals surface area contributed by atoms with Crippen LogP contribution in [0.1, 0.15) is 60.1 Å². The number of halogens is 6. The predicted molar refractivity (Wildman–Crippen MR) is 122 cm³/mol. The molecule has 1 fully saturated rings. The topological polar surface area (TPSA) is 90.1 Å². The summed E-state index contributed by atoms with van der Waals surface area (Å²) < 4.78 is 91.9. The number of hydrogen-bond acceptors (Lipinski definition) is 5. The van der Waals surface area contributed by atoms with E-state index in [-0.39, 0.29) is 28.8 Å². The number of H-pyrrole nitrogens is 1. The van der Waals surface area contributed by atoms with Gasteiger partial charge in [-0.2, -0.15) is 13.2 Å². The summed E-state index contributed by atoms with van der Waals surface area (Å²) in [5.74, 6) is -3.06. The molecule has 0 spiro atoms. The summed E-state index contributed by atoms with van der Waals surface area (Å²) in [5, 5.41) is 0.683. The minimum Gasteiger partial charge on any atom is -0.494 e. The van der Waals surface area contributed by atoms with E-state index in [9.17, 15) is 31.5 Å². The summed E-state index contributed by atoms with van der Waals surface area (Å²) in [4.78, 5) is 27.9. The molecule has 2 aliphatic rings. The molecule has 0 saturated heterocycles. The van der Waals surface area contributed by atoms with Gasteiger partial charge in [0.15, 0.2) is 5.75 Å². The quantitative estimate of drug-likeness (QED) is 0.444. The van der Waals surface area contributed by atoms with Crippen molar-refractivity contribution in [2.24, 2.45) is 5.73 Å². The van der Waals surface area contributed by atoms with E-state index in [1.54, 1.807) is 0 Å². The number of rotatable bonds is 5. The fraction of sp³-hybridized carbons (Fsp3) is 0.478. The third-order valence-electron chi connectivity index (χ3n) is 6.93. The Balaban J connectivity index is 1.91. The van der Waals surface area contributed by atoms with Crippen LogP contribution in [0.3, 0.4) is 0 Å². The normalized spacial score (nSPS) is 19.1. The fourth-order valence-corrected chi connectivity index (χ4v) is 6.38. The Hall–Kier alpha value is -2.80. The highest BCUT2D eigenvalue weighted by atomic mass is 32.1. The first-order valence-electron chi connectivity index (χ1n) is 11.3. The molecular weight excluding hydrogens is 512 g/mol. The molecule has 0 amide bonds. The first kappa shape index (κ1) is 24.9. The summed E-state index contributed by atoms with van der Waals surface area (Å²) in [6.45, 7) is 0. The molecule has 3 aromatic rings. The van der Waals surface area contributed by atoms with Gasteiger partial charge in [-0.05, 0) is 43.0 Å². The largest absolute Gasteiger partial charge is 0.494 e. The van der Waals surface area contributed by atoms with Gasteiger partial charge in [0.05, 0.1) is 23.6 Å². The van der Waals surface area contributed by atoms with Crippen molar-refractivity contribution in [3.63, 3.8) is 0 Å². The summed E-state index contributed by atoms with van der Waals surface area (Å²) in [6.07, 6.45) is -6.22. The molecule has 36 heavy (non-hydrogen) atoms. The molecule has 6 nitrogen and oxygen atoms in total. The second-order valence-electron chi connectivity index (χ2n) is 9.07. The van der Waals surface area contributed by atoms with Gasteiger partial charge in [0, 0.05) is 22.4 Å². The Morgan fingerprint density at radius 3 is 2.50 bits per heavy atom. The van der Waals surface area contributed by atoms with E-state index in [4.69, 9.17) is 10.5 Å². The van der Waals surface area contributed by atoms with E-state index in [1.807, 2.05) is 4.98 Å². The number of nitrogens with two attached hydrogens (primary N) is 1. The van der Waals surface area contributed by atoms with E-state index in [0.29, 0.717) is 30.6 Å². The summed E-state index contributed by atoms with van der Waals surface area (Å²) >= 11 is 1.09. The van der Waals surface area contributed by atoms with Gasteiger partial charge in [-0.25, -0.2) is 18.0 Å². The van der Waals surface area contributed by atoms with Crippen molar-refractivity contribution in [2.45, 2.75) is 62.7 Å². The van der Waals surface area contributed by atoms with Crippen molar-refractivity contribution in [3.05, 3.63) is 48.0 Å². The maximum absolute atomic E-state index is 16.0. The average Bonchev–Trinajstić information content (AvgIpc) is 3.55. The fourth-order valence-electron chi connectivity index (χ4n) is 5.23. The highest BCUT2D eigenvalue weighted by molar-refractivity contribution is 7.10. The van der Waals surface area contributed by atoms with E-state index >= 15 is 4.39 Å². The highest BCUT2D eigenvalue weighted by Crippen LogP contribution is 2.52. The van der Waals surface area contributed by atoms with Crippen molar-refractivity contribution >= 4 is 22.2 Å². The van der Waals surface area contributed by atoms with E-state index in [0.717, 1.165) is 23.0 Å². The molecule has 1 aromatic carbocycles. The van der Waals surface area contributed by atoms with Crippen molar-refractivity contribution in [1.82, 2.24) is 9.55 Å². The minimum atomic E-state index is -4.74. The molecule has 1 saturated carbocycles. The molecule has 0 radical (unpaired) electrons. The van der Waals surface area contributed by atoms with Crippen molar-refractivity contribution < 1.29 is 31.1 Å². The van der Waals surface area contributed by atoms with Gasteiger partial charge >= 0.3 is 11.9 Å². The van der Waals surface area contributed by atoms with Crippen LogP contribution in [0.4, 0.5) is 26.3 Å². The Labute approximate surface area is 203 Å². The smallest absolute Gasteiger partial charge is 0.404 e. The number of alkyl halides is 5. The molecule has 2 unspecified atom stereocenters. The molecular formula is C23H21F6N3O3S. The van der Waals surface area contributed by atoms with Gasteiger partial charge in [0.2, 0.25) is 0 Å². The van der Waals surface area contributed by atoms with Crippen LogP contribution in [-0.4, -0.2) is 28.9 Å². The molecule has 5 rings (SSSR count). The van der Waals surface area contributed by atoms with E-state index in [1.165, 1.54) is 5.38 Å². The summed E-state index contributed by atoms with van der Waals surface area (Å²) in [7, 11) is 1.13. The number of ether oxygens (including phenoxy) is 1. The molecule has 0 bridgehead atoms. The molecule has 0 aliphatic heterocycles. The number of nitrogens with zero attached hydrogens (tertiary/aromatic N) is 1. The number of aromatic nitrogens is 2. The van der Waals surface area contributed by atoms with Crippen molar-refractivity contribution in [3.8, 4) is 16.9 Å². The Kier molecular flexibility index (Phi) is 5.98. The molecule has 13 heteroatoms.